The van der Waals surface area contributed by atoms with Gasteiger partial charge in [-0.05, 0) is 65.4 Å². The lowest BCUT2D eigenvalue weighted by atomic mass is 9.98. The van der Waals surface area contributed by atoms with Crippen molar-refractivity contribution in [1.29, 1.82) is 0 Å². The van der Waals surface area contributed by atoms with Gasteiger partial charge >= 0.3 is 0 Å². The first kappa shape index (κ1) is 29.6. The molecule has 0 amide bonds. The minimum Gasteiger partial charge on any atom is -0.309 e. The number of aromatic nitrogens is 1. The highest BCUT2D eigenvalue weighted by atomic mass is 15.0. The zero-order chi connectivity index (χ0) is 30.0. The Balaban J connectivity index is 0.000000317. The minimum atomic E-state index is 1.06. The van der Waals surface area contributed by atoms with Crippen molar-refractivity contribution >= 4 is 21.8 Å². The van der Waals surface area contributed by atoms with E-state index < -0.39 is 0 Å². The van der Waals surface area contributed by atoms with Gasteiger partial charge in [-0.3, -0.25) is 0 Å². The van der Waals surface area contributed by atoms with E-state index in [0.29, 0.717) is 0 Å². The van der Waals surface area contributed by atoms with Crippen molar-refractivity contribution in [2.24, 2.45) is 0 Å². The molecule has 0 N–H and O–H groups in total. The number of hydrogen-bond acceptors (Lipinski definition) is 0. The van der Waals surface area contributed by atoms with Crippen LogP contribution < -0.4 is 0 Å². The molecular formula is C42H41N. The summed E-state index contributed by atoms with van der Waals surface area (Å²) in [6.07, 6.45) is 2.31. The molecule has 0 aliphatic carbocycles. The Hall–Kier alpha value is -4.88. The SMILES string of the molecule is CCC.CCc1ccc(-c2cccc3c2c2ccccc2n3-c2ccc(-c3ccccc3)cc2)cc1.Cc1ccccc1. The molecule has 214 valence electrons. The van der Waals surface area contributed by atoms with Crippen molar-refractivity contribution < 1.29 is 0 Å². The second-order valence-corrected chi connectivity index (χ2v) is 10.9. The van der Waals surface area contributed by atoms with Crippen molar-refractivity contribution in [1.82, 2.24) is 4.57 Å². The summed E-state index contributed by atoms with van der Waals surface area (Å²) in [6, 6.07) is 54.1. The van der Waals surface area contributed by atoms with Gasteiger partial charge in [0.2, 0.25) is 0 Å². The lowest BCUT2D eigenvalue weighted by molar-refractivity contribution is 1.09. The molecule has 0 radical (unpaired) electrons. The fraction of sp³-hybridized carbons (Fsp3) is 0.143. The maximum Gasteiger partial charge on any atom is 0.0547 e. The van der Waals surface area contributed by atoms with Gasteiger partial charge in [0.15, 0.2) is 0 Å². The second kappa shape index (κ2) is 14.3. The molecule has 1 heteroatoms. The molecule has 7 aromatic rings. The quantitative estimate of drug-likeness (QED) is 0.202. The molecule has 0 saturated carbocycles. The molecule has 1 nitrogen and oxygen atoms in total. The van der Waals surface area contributed by atoms with Crippen LogP contribution >= 0.6 is 0 Å². The van der Waals surface area contributed by atoms with Crippen LogP contribution in [-0.2, 0) is 6.42 Å². The van der Waals surface area contributed by atoms with E-state index in [2.05, 4.69) is 166 Å². The Labute approximate surface area is 257 Å². The predicted octanol–water partition coefficient (Wildman–Crippen LogP) is 12.1. The van der Waals surface area contributed by atoms with Crippen LogP contribution in [0.4, 0.5) is 0 Å². The zero-order valence-electron chi connectivity index (χ0n) is 25.8. The first-order chi connectivity index (χ1) is 21.1. The van der Waals surface area contributed by atoms with Crippen molar-refractivity contribution in [3.8, 4) is 27.9 Å². The third kappa shape index (κ3) is 6.79. The van der Waals surface area contributed by atoms with Crippen LogP contribution in [0.25, 0.3) is 49.7 Å². The van der Waals surface area contributed by atoms with E-state index >= 15 is 0 Å². The fourth-order valence-corrected chi connectivity index (χ4v) is 5.43. The van der Waals surface area contributed by atoms with Crippen LogP contribution in [0, 0.1) is 6.92 Å². The Morgan fingerprint density at radius 2 is 1.00 bits per heavy atom. The summed E-state index contributed by atoms with van der Waals surface area (Å²) in [4.78, 5) is 0. The van der Waals surface area contributed by atoms with E-state index in [-0.39, 0.29) is 0 Å². The van der Waals surface area contributed by atoms with Gasteiger partial charge in [-0.15, -0.1) is 0 Å². The molecule has 1 aromatic heterocycles. The number of aryl methyl sites for hydroxylation is 2. The van der Waals surface area contributed by atoms with Gasteiger partial charge in [-0.25, -0.2) is 0 Å². The summed E-state index contributed by atoms with van der Waals surface area (Å²) in [5.74, 6) is 0. The van der Waals surface area contributed by atoms with E-state index in [1.807, 2.05) is 18.2 Å². The van der Waals surface area contributed by atoms with Gasteiger partial charge in [0, 0.05) is 16.5 Å². The number of para-hydroxylation sites is 1. The molecule has 0 spiro atoms. The Bertz CT molecular complexity index is 1860. The summed E-state index contributed by atoms with van der Waals surface area (Å²) in [5.41, 5.74) is 11.4. The number of fused-ring (bicyclic) bond motifs is 3. The number of nitrogens with zero attached hydrogens (tertiary/aromatic N) is 1. The lowest BCUT2D eigenvalue weighted by Crippen LogP contribution is -1.93. The smallest absolute Gasteiger partial charge is 0.0547 e. The summed E-state index contributed by atoms with van der Waals surface area (Å²) in [7, 11) is 0. The molecule has 0 aliphatic rings. The van der Waals surface area contributed by atoms with Gasteiger partial charge < -0.3 is 4.57 Å². The summed E-state index contributed by atoms with van der Waals surface area (Å²) >= 11 is 0. The molecular weight excluding hydrogens is 518 g/mol. The topological polar surface area (TPSA) is 4.93 Å². The molecule has 6 aromatic carbocycles. The summed E-state index contributed by atoms with van der Waals surface area (Å²) < 4.78 is 2.39. The van der Waals surface area contributed by atoms with Gasteiger partial charge in [0.05, 0.1) is 11.0 Å². The highest BCUT2D eigenvalue weighted by Crippen LogP contribution is 2.38. The number of benzene rings is 6. The second-order valence-electron chi connectivity index (χ2n) is 10.9. The van der Waals surface area contributed by atoms with Crippen molar-refractivity contribution in [3.63, 3.8) is 0 Å². The molecule has 0 aliphatic heterocycles. The van der Waals surface area contributed by atoms with Crippen LogP contribution in [0.1, 0.15) is 38.3 Å². The Kier molecular flexibility index (Phi) is 9.87. The van der Waals surface area contributed by atoms with E-state index in [4.69, 9.17) is 0 Å². The van der Waals surface area contributed by atoms with Gasteiger partial charge in [-0.2, -0.15) is 0 Å². The van der Waals surface area contributed by atoms with E-state index in [9.17, 15) is 0 Å². The maximum atomic E-state index is 2.39. The van der Waals surface area contributed by atoms with Crippen molar-refractivity contribution in [2.75, 3.05) is 0 Å². The van der Waals surface area contributed by atoms with E-state index in [1.165, 1.54) is 67.3 Å². The third-order valence-electron chi connectivity index (χ3n) is 7.54. The molecule has 0 fully saturated rings. The largest absolute Gasteiger partial charge is 0.309 e. The monoisotopic (exact) mass is 559 g/mol. The average molecular weight is 560 g/mol. The Morgan fingerprint density at radius 1 is 0.465 bits per heavy atom. The van der Waals surface area contributed by atoms with Crippen molar-refractivity contribution in [2.45, 2.75) is 40.5 Å². The lowest BCUT2D eigenvalue weighted by Gasteiger charge is -2.10. The molecule has 43 heavy (non-hydrogen) atoms. The average Bonchev–Trinajstić information content (AvgIpc) is 3.41. The first-order valence-corrected chi connectivity index (χ1v) is 15.4. The normalized spacial score (nSPS) is 10.5. The minimum absolute atomic E-state index is 1.06. The fourth-order valence-electron chi connectivity index (χ4n) is 5.43. The highest BCUT2D eigenvalue weighted by molar-refractivity contribution is 6.15. The molecule has 0 bridgehead atoms. The number of rotatable bonds is 4. The van der Waals surface area contributed by atoms with Crippen LogP contribution in [0.5, 0.6) is 0 Å². The van der Waals surface area contributed by atoms with Gasteiger partial charge in [-0.1, -0.05) is 160 Å². The first-order valence-electron chi connectivity index (χ1n) is 15.4. The van der Waals surface area contributed by atoms with Crippen LogP contribution in [-0.4, -0.2) is 4.57 Å². The van der Waals surface area contributed by atoms with Crippen LogP contribution in [0.15, 0.2) is 152 Å². The molecule has 0 saturated heterocycles. The van der Waals surface area contributed by atoms with E-state index in [1.54, 1.807) is 0 Å². The van der Waals surface area contributed by atoms with Crippen molar-refractivity contribution in [3.05, 3.63) is 163 Å². The summed E-state index contributed by atoms with van der Waals surface area (Å²) in [5, 5.41) is 2.60. The molecule has 0 atom stereocenters. The molecule has 0 unspecified atom stereocenters. The molecule has 1 heterocycles. The summed E-state index contributed by atoms with van der Waals surface area (Å²) in [6.45, 7) is 8.53. The van der Waals surface area contributed by atoms with E-state index in [0.717, 1.165) is 6.42 Å². The van der Waals surface area contributed by atoms with Crippen LogP contribution in [0.3, 0.4) is 0 Å². The zero-order valence-corrected chi connectivity index (χ0v) is 25.8. The Morgan fingerprint density at radius 3 is 1.60 bits per heavy atom. The van der Waals surface area contributed by atoms with Gasteiger partial charge in [0.25, 0.3) is 0 Å². The predicted molar refractivity (Wildman–Crippen MR) is 188 cm³/mol. The van der Waals surface area contributed by atoms with Gasteiger partial charge in [0.1, 0.15) is 0 Å². The maximum absolute atomic E-state index is 2.39. The number of hydrogen-bond donors (Lipinski definition) is 0. The van der Waals surface area contributed by atoms with Crippen LogP contribution in [0.2, 0.25) is 0 Å². The highest BCUT2D eigenvalue weighted by Gasteiger charge is 2.15. The molecule has 7 rings (SSSR count). The third-order valence-corrected chi connectivity index (χ3v) is 7.54. The standard InChI is InChI=1S/C32H25N.C7H8.C3H8/c1-2-23-15-17-26(18-16-23)28-12-8-14-31-32(28)29-11-6-7-13-30(29)33(31)27-21-19-25(20-22-27)24-9-4-3-5-10-24;1-7-5-3-2-4-6-7;1-3-2/h3-22H,2H2,1H3;2-6H,1H3;3H2,1-2H3.